The Kier molecular flexibility index (Phi) is 4.04. The standard InChI is InChI=1S/C12H24N2O3/c1-9-5-6-14(8-12(13,16)7-9)10(15)17-11(2,3)4/h9,16H,5-8,13H2,1-4H3. The quantitative estimate of drug-likeness (QED) is 0.630. The predicted octanol–water partition coefficient (Wildman–Crippen LogP) is 1.30. The molecule has 1 rings (SSSR count). The van der Waals surface area contributed by atoms with Crippen LogP contribution >= 0.6 is 0 Å². The van der Waals surface area contributed by atoms with E-state index in [0.717, 1.165) is 6.42 Å². The van der Waals surface area contributed by atoms with Crippen LogP contribution in [-0.4, -0.2) is 40.5 Å². The Hall–Kier alpha value is -0.810. The molecule has 0 radical (unpaired) electrons. The van der Waals surface area contributed by atoms with E-state index in [0.29, 0.717) is 18.9 Å². The van der Waals surface area contributed by atoms with Crippen molar-refractivity contribution in [2.45, 2.75) is 51.9 Å². The van der Waals surface area contributed by atoms with Crippen molar-refractivity contribution < 1.29 is 14.6 Å². The van der Waals surface area contributed by atoms with Gasteiger partial charge in [-0.3, -0.25) is 0 Å². The van der Waals surface area contributed by atoms with E-state index in [9.17, 15) is 9.90 Å². The summed E-state index contributed by atoms with van der Waals surface area (Å²) in [7, 11) is 0. The van der Waals surface area contributed by atoms with Crippen molar-refractivity contribution in [3.8, 4) is 0 Å². The van der Waals surface area contributed by atoms with Crippen molar-refractivity contribution in [1.82, 2.24) is 4.90 Å². The molecule has 0 bridgehead atoms. The second kappa shape index (κ2) is 4.82. The predicted molar refractivity (Wildman–Crippen MR) is 65.3 cm³/mol. The van der Waals surface area contributed by atoms with Crippen LogP contribution in [0.1, 0.15) is 40.5 Å². The van der Waals surface area contributed by atoms with E-state index in [2.05, 4.69) is 0 Å². The zero-order valence-corrected chi connectivity index (χ0v) is 11.2. The van der Waals surface area contributed by atoms with E-state index in [1.807, 2.05) is 27.7 Å². The highest BCUT2D eigenvalue weighted by Gasteiger charge is 2.34. The SMILES string of the molecule is CC1CCN(C(=O)OC(C)(C)C)CC(N)(O)C1. The summed E-state index contributed by atoms with van der Waals surface area (Å²) in [5.74, 6) is 0.303. The van der Waals surface area contributed by atoms with Crippen LogP contribution in [0.3, 0.4) is 0 Å². The summed E-state index contributed by atoms with van der Waals surface area (Å²) in [6.45, 7) is 8.19. The first-order valence-corrected chi connectivity index (χ1v) is 6.08. The topological polar surface area (TPSA) is 75.8 Å². The third-order valence-corrected chi connectivity index (χ3v) is 2.71. The van der Waals surface area contributed by atoms with Gasteiger partial charge >= 0.3 is 6.09 Å². The van der Waals surface area contributed by atoms with Crippen molar-refractivity contribution in [3.05, 3.63) is 0 Å². The second-order valence-corrected chi connectivity index (χ2v) is 6.10. The number of hydrogen-bond donors (Lipinski definition) is 2. The summed E-state index contributed by atoms with van der Waals surface area (Å²) in [4.78, 5) is 13.4. The number of β-amino-alcohol motifs (C(OH)–C–C–N with tert-alkyl or cyclic N) is 1. The fraction of sp³-hybridized carbons (Fsp3) is 0.917. The molecule has 17 heavy (non-hydrogen) atoms. The highest BCUT2D eigenvalue weighted by molar-refractivity contribution is 5.68. The van der Waals surface area contributed by atoms with Crippen molar-refractivity contribution in [1.29, 1.82) is 0 Å². The summed E-state index contributed by atoms with van der Waals surface area (Å²) >= 11 is 0. The fourth-order valence-electron chi connectivity index (χ4n) is 2.04. The Morgan fingerprint density at radius 1 is 1.53 bits per heavy atom. The number of hydrogen-bond acceptors (Lipinski definition) is 4. The average molecular weight is 244 g/mol. The molecule has 1 aliphatic heterocycles. The molecule has 0 aromatic carbocycles. The van der Waals surface area contributed by atoms with Gasteiger partial charge in [-0.1, -0.05) is 6.92 Å². The number of nitrogens with zero attached hydrogens (tertiary/aromatic N) is 1. The van der Waals surface area contributed by atoms with Crippen LogP contribution in [0.25, 0.3) is 0 Å². The molecule has 5 heteroatoms. The number of aliphatic hydroxyl groups is 1. The largest absolute Gasteiger partial charge is 0.444 e. The van der Waals surface area contributed by atoms with E-state index in [1.165, 1.54) is 4.90 Å². The number of amides is 1. The molecule has 1 fully saturated rings. The maximum atomic E-state index is 11.9. The lowest BCUT2D eigenvalue weighted by molar-refractivity contribution is -0.0139. The van der Waals surface area contributed by atoms with Gasteiger partial charge in [-0.25, -0.2) is 4.79 Å². The van der Waals surface area contributed by atoms with E-state index in [-0.39, 0.29) is 6.54 Å². The molecule has 1 heterocycles. The lowest BCUT2D eigenvalue weighted by Gasteiger charge is -2.30. The Morgan fingerprint density at radius 2 is 2.12 bits per heavy atom. The van der Waals surface area contributed by atoms with Crippen LogP contribution in [-0.2, 0) is 4.74 Å². The first kappa shape index (κ1) is 14.3. The van der Waals surface area contributed by atoms with Gasteiger partial charge in [0.15, 0.2) is 0 Å². The molecule has 1 amide bonds. The molecule has 1 saturated heterocycles. The third-order valence-electron chi connectivity index (χ3n) is 2.71. The van der Waals surface area contributed by atoms with Crippen LogP contribution in [0.15, 0.2) is 0 Å². The molecule has 5 nitrogen and oxygen atoms in total. The molecule has 0 saturated carbocycles. The number of ether oxygens (including phenoxy) is 1. The van der Waals surface area contributed by atoms with Crippen LogP contribution in [0, 0.1) is 5.92 Å². The highest BCUT2D eigenvalue weighted by atomic mass is 16.6. The molecule has 100 valence electrons. The fourth-order valence-corrected chi connectivity index (χ4v) is 2.04. The molecule has 1 aliphatic rings. The Labute approximate surface area is 103 Å². The summed E-state index contributed by atoms with van der Waals surface area (Å²) in [6, 6.07) is 0. The maximum absolute atomic E-state index is 11.9. The second-order valence-electron chi connectivity index (χ2n) is 6.10. The van der Waals surface area contributed by atoms with Gasteiger partial charge in [0.25, 0.3) is 0 Å². The number of rotatable bonds is 0. The third kappa shape index (κ3) is 4.91. The highest BCUT2D eigenvalue weighted by Crippen LogP contribution is 2.23. The molecular weight excluding hydrogens is 220 g/mol. The monoisotopic (exact) mass is 244 g/mol. The van der Waals surface area contributed by atoms with Crippen LogP contribution in [0.5, 0.6) is 0 Å². The Bertz CT molecular complexity index is 284. The van der Waals surface area contributed by atoms with Gasteiger partial charge in [0.1, 0.15) is 11.3 Å². The lowest BCUT2D eigenvalue weighted by Crippen LogP contribution is -2.51. The van der Waals surface area contributed by atoms with Gasteiger partial charge in [0.2, 0.25) is 0 Å². The molecule has 0 aromatic rings. The minimum absolute atomic E-state index is 0.131. The van der Waals surface area contributed by atoms with Gasteiger partial charge in [-0.15, -0.1) is 0 Å². The zero-order valence-electron chi connectivity index (χ0n) is 11.2. The van der Waals surface area contributed by atoms with Crippen molar-refractivity contribution in [2.75, 3.05) is 13.1 Å². The molecule has 3 N–H and O–H groups in total. The molecule has 2 unspecified atom stereocenters. The zero-order chi connectivity index (χ0) is 13.3. The van der Waals surface area contributed by atoms with Gasteiger partial charge in [-0.2, -0.15) is 0 Å². The minimum atomic E-state index is -1.31. The lowest BCUT2D eigenvalue weighted by atomic mass is 9.98. The van der Waals surface area contributed by atoms with E-state index in [1.54, 1.807) is 0 Å². The molecule has 0 aromatic heterocycles. The molecule has 0 spiro atoms. The molecule has 0 aliphatic carbocycles. The number of likely N-dealkylation sites (tertiary alicyclic amines) is 1. The van der Waals surface area contributed by atoms with Crippen molar-refractivity contribution in [3.63, 3.8) is 0 Å². The van der Waals surface area contributed by atoms with Crippen LogP contribution in [0.4, 0.5) is 4.79 Å². The summed E-state index contributed by atoms with van der Waals surface area (Å²) in [5, 5.41) is 9.97. The van der Waals surface area contributed by atoms with Crippen LogP contribution in [0.2, 0.25) is 0 Å². The normalized spacial score (nSPS) is 30.9. The summed E-state index contributed by atoms with van der Waals surface area (Å²) in [6.07, 6.45) is 0.931. The summed E-state index contributed by atoms with van der Waals surface area (Å²) in [5.41, 5.74) is 3.93. The molecular formula is C12H24N2O3. The van der Waals surface area contributed by atoms with E-state index >= 15 is 0 Å². The molecule has 2 atom stereocenters. The first-order chi connectivity index (χ1) is 7.59. The van der Waals surface area contributed by atoms with Crippen LogP contribution < -0.4 is 5.73 Å². The number of carbonyl (C=O) groups excluding carboxylic acids is 1. The smallest absolute Gasteiger partial charge is 0.410 e. The van der Waals surface area contributed by atoms with E-state index in [4.69, 9.17) is 10.5 Å². The van der Waals surface area contributed by atoms with Gasteiger partial charge in [0.05, 0.1) is 6.54 Å². The Morgan fingerprint density at radius 3 is 2.65 bits per heavy atom. The van der Waals surface area contributed by atoms with E-state index < -0.39 is 17.4 Å². The van der Waals surface area contributed by atoms with Crippen molar-refractivity contribution in [2.24, 2.45) is 11.7 Å². The number of nitrogens with two attached hydrogens (primary N) is 1. The average Bonchev–Trinajstić information content (AvgIpc) is 2.20. The van der Waals surface area contributed by atoms with Crippen molar-refractivity contribution >= 4 is 6.09 Å². The van der Waals surface area contributed by atoms with Gasteiger partial charge in [0, 0.05) is 6.54 Å². The Balaban J connectivity index is 2.67. The maximum Gasteiger partial charge on any atom is 0.410 e. The number of carbonyl (C=O) groups is 1. The van der Waals surface area contributed by atoms with Gasteiger partial charge < -0.3 is 20.5 Å². The minimum Gasteiger partial charge on any atom is -0.444 e. The van der Waals surface area contributed by atoms with Gasteiger partial charge in [-0.05, 0) is 39.5 Å². The first-order valence-electron chi connectivity index (χ1n) is 6.08. The summed E-state index contributed by atoms with van der Waals surface area (Å²) < 4.78 is 5.28.